The van der Waals surface area contributed by atoms with E-state index < -0.39 is 6.10 Å². The van der Waals surface area contributed by atoms with Crippen LogP contribution in [0.1, 0.15) is 24.5 Å². The van der Waals surface area contributed by atoms with Crippen LogP contribution in [0.25, 0.3) is 0 Å². The van der Waals surface area contributed by atoms with Crippen LogP contribution in [-0.4, -0.2) is 68.3 Å². The topological polar surface area (TPSA) is 51.2 Å². The van der Waals surface area contributed by atoms with Gasteiger partial charge in [0.1, 0.15) is 5.82 Å². The number of hydrogen-bond donors (Lipinski definition) is 1. The van der Waals surface area contributed by atoms with Gasteiger partial charge in [0.2, 0.25) is 0 Å². The molecule has 2 aliphatic heterocycles. The van der Waals surface area contributed by atoms with E-state index in [9.17, 15) is 9.50 Å². The van der Waals surface area contributed by atoms with Crippen LogP contribution in [0.2, 0.25) is 0 Å². The summed E-state index contributed by atoms with van der Waals surface area (Å²) in [6.07, 6.45) is 1.12. The summed E-state index contributed by atoms with van der Waals surface area (Å²) in [4.78, 5) is 2.11. The predicted molar refractivity (Wildman–Crippen MR) is 87.3 cm³/mol. The van der Waals surface area contributed by atoms with E-state index in [1.165, 1.54) is 6.07 Å². The Hall–Kier alpha value is -1.05. The largest absolute Gasteiger partial charge is 0.389 e. The van der Waals surface area contributed by atoms with E-state index in [0.717, 1.165) is 32.6 Å². The molecule has 2 unspecified atom stereocenters. The maximum absolute atomic E-state index is 13.9. The normalized spacial score (nSPS) is 24.8. The van der Waals surface area contributed by atoms with Crippen molar-refractivity contribution in [2.45, 2.75) is 31.2 Å². The summed E-state index contributed by atoms with van der Waals surface area (Å²) in [7, 11) is 0. The summed E-state index contributed by atoms with van der Waals surface area (Å²) in [6, 6.07) is 6.70. The number of β-amino-alcohol motifs (C(OH)–C–C–N with tert-alkyl or cyclic N) is 1. The quantitative estimate of drug-likeness (QED) is 0.856. The van der Waals surface area contributed by atoms with Crippen LogP contribution in [0, 0.1) is 5.82 Å². The van der Waals surface area contributed by atoms with Crippen LogP contribution in [0.4, 0.5) is 4.39 Å². The van der Waals surface area contributed by atoms with E-state index in [1.807, 2.05) is 6.07 Å². The Kier molecular flexibility index (Phi) is 6.57. The van der Waals surface area contributed by atoms with Crippen molar-refractivity contribution in [3.63, 3.8) is 0 Å². The second-order valence-corrected chi connectivity index (χ2v) is 6.44. The highest BCUT2D eigenvalue weighted by atomic mass is 19.1. The van der Waals surface area contributed by atoms with Crippen LogP contribution >= 0.6 is 0 Å². The fourth-order valence-corrected chi connectivity index (χ4v) is 3.23. The van der Waals surface area contributed by atoms with E-state index in [-0.39, 0.29) is 18.0 Å². The Morgan fingerprint density at radius 2 is 2.04 bits per heavy atom. The molecule has 0 aliphatic carbocycles. The summed E-state index contributed by atoms with van der Waals surface area (Å²) >= 11 is 0. The van der Waals surface area contributed by atoms with E-state index in [2.05, 4.69) is 4.90 Å². The number of rotatable bonds is 6. The molecule has 0 bridgehead atoms. The second-order valence-electron chi connectivity index (χ2n) is 6.44. The number of aliphatic hydroxyl groups is 1. The van der Waals surface area contributed by atoms with E-state index in [0.29, 0.717) is 31.9 Å². The molecular formula is C18H26FNO4. The maximum atomic E-state index is 13.9. The average molecular weight is 339 g/mol. The predicted octanol–water partition coefficient (Wildman–Crippen LogP) is 1.76. The molecular weight excluding hydrogens is 313 g/mol. The molecule has 2 fully saturated rings. The first kappa shape index (κ1) is 17.8. The first-order chi connectivity index (χ1) is 11.7. The Bertz CT molecular complexity index is 510. The number of hydrogen-bond acceptors (Lipinski definition) is 5. The van der Waals surface area contributed by atoms with Gasteiger partial charge in [-0.1, -0.05) is 18.2 Å². The molecule has 1 N–H and O–H groups in total. The maximum Gasteiger partial charge on any atom is 0.129 e. The molecule has 0 radical (unpaired) electrons. The zero-order valence-corrected chi connectivity index (χ0v) is 13.9. The van der Waals surface area contributed by atoms with Crippen LogP contribution in [0.5, 0.6) is 0 Å². The lowest BCUT2D eigenvalue weighted by atomic mass is 10.1. The Morgan fingerprint density at radius 1 is 1.25 bits per heavy atom. The molecule has 134 valence electrons. The molecule has 5 nitrogen and oxygen atoms in total. The molecule has 2 heterocycles. The third kappa shape index (κ3) is 4.97. The third-order valence-electron chi connectivity index (χ3n) is 4.56. The minimum atomic E-state index is -0.549. The standard InChI is InChI=1S/C18H26FNO4/c19-17-4-2-1-3-16(17)18-12-20(7-10-23-18)11-14(21)13-24-15-5-8-22-9-6-15/h1-4,14-15,18,21H,5-13H2. The van der Waals surface area contributed by atoms with E-state index >= 15 is 0 Å². The molecule has 2 saturated heterocycles. The van der Waals surface area contributed by atoms with Crippen molar-refractivity contribution < 1.29 is 23.7 Å². The van der Waals surface area contributed by atoms with Gasteiger partial charge >= 0.3 is 0 Å². The summed E-state index contributed by atoms with van der Waals surface area (Å²) in [5.41, 5.74) is 0.579. The Morgan fingerprint density at radius 3 is 2.83 bits per heavy atom. The number of nitrogens with zero attached hydrogens (tertiary/aromatic N) is 1. The van der Waals surface area contributed by atoms with Crippen LogP contribution in [0.3, 0.4) is 0 Å². The van der Waals surface area contributed by atoms with Crippen molar-refractivity contribution >= 4 is 0 Å². The monoisotopic (exact) mass is 339 g/mol. The van der Waals surface area contributed by atoms with Crippen LogP contribution in [-0.2, 0) is 14.2 Å². The van der Waals surface area contributed by atoms with Crippen molar-refractivity contribution in [2.24, 2.45) is 0 Å². The minimum absolute atomic E-state index is 0.184. The first-order valence-corrected chi connectivity index (χ1v) is 8.68. The van der Waals surface area contributed by atoms with Crippen LogP contribution < -0.4 is 0 Å². The van der Waals surface area contributed by atoms with E-state index in [1.54, 1.807) is 12.1 Å². The third-order valence-corrected chi connectivity index (χ3v) is 4.56. The van der Waals surface area contributed by atoms with Gasteiger partial charge in [0.05, 0.1) is 31.5 Å². The number of benzene rings is 1. The summed E-state index contributed by atoms with van der Waals surface area (Å²) < 4.78 is 30.7. The van der Waals surface area contributed by atoms with Gasteiger partial charge in [-0.15, -0.1) is 0 Å². The molecule has 1 aromatic carbocycles. The zero-order valence-electron chi connectivity index (χ0n) is 13.9. The number of halogens is 1. The number of morpholine rings is 1. The molecule has 2 aliphatic rings. The molecule has 0 saturated carbocycles. The van der Waals surface area contributed by atoms with Crippen molar-refractivity contribution in [3.8, 4) is 0 Å². The molecule has 0 amide bonds. The van der Waals surface area contributed by atoms with Crippen LogP contribution in [0.15, 0.2) is 24.3 Å². The first-order valence-electron chi connectivity index (χ1n) is 8.68. The molecule has 0 aromatic heterocycles. The van der Waals surface area contributed by atoms with Gasteiger partial charge in [-0.3, -0.25) is 4.90 Å². The highest BCUT2D eigenvalue weighted by Crippen LogP contribution is 2.24. The summed E-state index contributed by atoms with van der Waals surface area (Å²) in [5, 5.41) is 10.2. The smallest absolute Gasteiger partial charge is 0.129 e. The van der Waals surface area contributed by atoms with Gasteiger partial charge in [0.25, 0.3) is 0 Å². The molecule has 1 aromatic rings. The number of aliphatic hydroxyl groups excluding tert-OH is 1. The van der Waals surface area contributed by atoms with Gasteiger partial charge in [0.15, 0.2) is 0 Å². The summed E-state index contributed by atoms with van der Waals surface area (Å²) in [6.45, 7) is 4.15. The average Bonchev–Trinajstić information content (AvgIpc) is 2.61. The lowest BCUT2D eigenvalue weighted by Crippen LogP contribution is -2.44. The SMILES string of the molecule is OC(COC1CCOCC1)CN1CCOC(c2ccccc2F)C1. The fraction of sp³-hybridized carbons (Fsp3) is 0.667. The second kappa shape index (κ2) is 8.87. The van der Waals surface area contributed by atoms with Crippen molar-refractivity contribution in [3.05, 3.63) is 35.6 Å². The molecule has 24 heavy (non-hydrogen) atoms. The number of ether oxygens (including phenoxy) is 3. The zero-order chi connectivity index (χ0) is 16.8. The van der Waals surface area contributed by atoms with Crippen molar-refractivity contribution in [1.29, 1.82) is 0 Å². The Labute approximate surface area is 142 Å². The fourth-order valence-electron chi connectivity index (χ4n) is 3.23. The van der Waals surface area contributed by atoms with Gasteiger partial charge in [-0.2, -0.15) is 0 Å². The highest BCUT2D eigenvalue weighted by molar-refractivity contribution is 5.20. The molecule has 0 spiro atoms. The van der Waals surface area contributed by atoms with E-state index in [4.69, 9.17) is 14.2 Å². The minimum Gasteiger partial charge on any atom is -0.389 e. The van der Waals surface area contributed by atoms with Gasteiger partial charge in [-0.05, 0) is 18.9 Å². The molecule has 2 atom stereocenters. The molecule has 6 heteroatoms. The van der Waals surface area contributed by atoms with Crippen molar-refractivity contribution in [1.82, 2.24) is 4.90 Å². The molecule has 3 rings (SSSR count). The lowest BCUT2D eigenvalue weighted by Gasteiger charge is -2.34. The summed E-state index contributed by atoms with van der Waals surface area (Å²) in [5.74, 6) is -0.243. The van der Waals surface area contributed by atoms with Gasteiger partial charge in [0, 0.05) is 38.4 Å². The Balaban J connectivity index is 1.45. The lowest BCUT2D eigenvalue weighted by molar-refractivity contribution is -0.0784. The van der Waals surface area contributed by atoms with Crippen molar-refractivity contribution in [2.75, 3.05) is 46.1 Å². The van der Waals surface area contributed by atoms with Gasteiger partial charge < -0.3 is 19.3 Å². The van der Waals surface area contributed by atoms with Gasteiger partial charge in [-0.25, -0.2) is 4.39 Å². The highest BCUT2D eigenvalue weighted by Gasteiger charge is 2.26.